The SMILES string of the molecule is CN(C(=O)c1ccc2[nH]cc(-c3nn[nH]n3)c2c1)C1(C)CCC1. The molecule has 1 aliphatic rings. The molecule has 23 heavy (non-hydrogen) atoms. The average molecular weight is 310 g/mol. The van der Waals surface area contributed by atoms with Crippen LogP contribution in [0, 0.1) is 0 Å². The zero-order valence-corrected chi connectivity index (χ0v) is 13.1. The van der Waals surface area contributed by atoms with E-state index in [1.807, 2.05) is 36.3 Å². The van der Waals surface area contributed by atoms with E-state index in [2.05, 4.69) is 32.5 Å². The summed E-state index contributed by atoms with van der Waals surface area (Å²) in [6.07, 6.45) is 5.15. The number of H-pyrrole nitrogens is 2. The van der Waals surface area contributed by atoms with Gasteiger partial charge in [0.05, 0.1) is 0 Å². The molecule has 1 aliphatic carbocycles. The summed E-state index contributed by atoms with van der Waals surface area (Å²) in [7, 11) is 1.89. The van der Waals surface area contributed by atoms with Gasteiger partial charge in [0.25, 0.3) is 5.91 Å². The highest BCUT2D eigenvalue weighted by atomic mass is 16.2. The molecule has 0 radical (unpaired) electrons. The van der Waals surface area contributed by atoms with Crippen LogP contribution in [0.4, 0.5) is 0 Å². The van der Waals surface area contributed by atoms with Gasteiger partial charge in [0, 0.05) is 40.8 Å². The van der Waals surface area contributed by atoms with Crippen LogP contribution in [0.5, 0.6) is 0 Å². The smallest absolute Gasteiger partial charge is 0.254 e. The Balaban J connectivity index is 1.73. The second-order valence-corrected chi connectivity index (χ2v) is 6.41. The van der Waals surface area contributed by atoms with Crippen molar-refractivity contribution in [3.05, 3.63) is 30.0 Å². The van der Waals surface area contributed by atoms with E-state index in [0.717, 1.165) is 29.3 Å². The predicted molar refractivity (Wildman–Crippen MR) is 85.8 cm³/mol. The third-order valence-corrected chi connectivity index (χ3v) is 5.06. The van der Waals surface area contributed by atoms with Gasteiger partial charge in [0.1, 0.15) is 0 Å². The van der Waals surface area contributed by atoms with Crippen molar-refractivity contribution in [2.45, 2.75) is 31.7 Å². The van der Waals surface area contributed by atoms with Crippen LogP contribution in [0.3, 0.4) is 0 Å². The molecule has 0 bridgehead atoms. The van der Waals surface area contributed by atoms with Crippen molar-refractivity contribution in [3.8, 4) is 11.4 Å². The number of fused-ring (bicyclic) bond motifs is 1. The van der Waals surface area contributed by atoms with Crippen LogP contribution in [-0.4, -0.2) is 49.0 Å². The van der Waals surface area contributed by atoms with E-state index in [-0.39, 0.29) is 11.4 Å². The van der Waals surface area contributed by atoms with E-state index in [9.17, 15) is 4.79 Å². The lowest BCUT2D eigenvalue weighted by molar-refractivity contribution is 0.0367. The lowest BCUT2D eigenvalue weighted by Gasteiger charge is -2.46. The number of hydrogen-bond donors (Lipinski definition) is 2. The number of aromatic amines is 2. The van der Waals surface area contributed by atoms with E-state index < -0.39 is 0 Å². The normalized spacial score (nSPS) is 16.3. The summed E-state index contributed by atoms with van der Waals surface area (Å²) in [6, 6.07) is 5.68. The van der Waals surface area contributed by atoms with Crippen molar-refractivity contribution >= 4 is 16.8 Å². The van der Waals surface area contributed by atoms with E-state index in [0.29, 0.717) is 11.4 Å². The molecular weight excluding hydrogens is 292 g/mol. The van der Waals surface area contributed by atoms with Gasteiger partial charge in [-0.05, 0) is 49.6 Å². The molecule has 0 saturated heterocycles. The summed E-state index contributed by atoms with van der Waals surface area (Å²) < 4.78 is 0. The zero-order chi connectivity index (χ0) is 16.0. The third-order valence-electron chi connectivity index (χ3n) is 5.06. The fraction of sp³-hybridized carbons (Fsp3) is 0.375. The highest BCUT2D eigenvalue weighted by Gasteiger charge is 2.38. The minimum atomic E-state index is -0.0132. The Morgan fingerprint density at radius 3 is 2.83 bits per heavy atom. The lowest BCUT2D eigenvalue weighted by atomic mass is 9.77. The predicted octanol–water partition coefficient (Wildman–Crippen LogP) is 2.36. The number of benzene rings is 1. The van der Waals surface area contributed by atoms with Crippen molar-refractivity contribution in [1.29, 1.82) is 0 Å². The van der Waals surface area contributed by atoms with Crippen LogP contribution in [-0.2, 0) is 0 Å². The average Bonchev–Trinajstić information content (AvgIpc) is 3.19. The minimum Gasteiger partial charge on any atom is -0.360 e. The molecular formula is C16H18N6O. The molecule has 0 atom stereocenters. The molecule has 0 unspecified atom stereocenters. The molecule has 7 heteroatoms. The van der Waals surface area contributed by atoms with Gasteiger partial charge in [-0.3, -0.25) is 4.79 Å². The number of amides is 1. The number of tetrazole rings is 1. The van der Waals surface area contributed by atoms with E-state index in [1.165, 1.54) is 6.42 Å². The van der Waals surface area contributed by atoms with Gasteiger partial charge < -0.3 is 9.88 Å². The van der Waals surface area contributed by atoms with Gasteiger partial charge in [0.2, 0.25) is 5.82 Å². The zero-order valence-electron chi connectivity index (χ0n) is 13.1. The van der Waals surface area contributed by atoms with Gasteiger partial charge in [0.15, 0.2) is 0 Å². The third kappa shape index (κ3) is 2.11. The first-order valence-corrected chi connectivity index (χ1v) is 7.72. The number of carbonyl (C=O) groups is 1. The molecule has 0 spiro atoms. The maximum atomic E-state index is 12.8. The van der Waals surface area contributed by atoms with Gasteiger partial charge in [-0.15, -0.1) is 10.2 Å². The summed E-state index contributed by atoms with van der Waals surface area (Å²) >= 11 is 0. The molecule has 1 amide bonds. The second-order valence-electron chi connectivity index (χ2n) is 6.41. The van der Waals surface area contributed by atoms with Crippen LogP contribution < -0.4 is 0 Å². The number of nitrogens with zero attached hydrogens (tertiary/aromatic N) is 4. The summed E-state index contributed by atoms with van der Waals surface area (Å²) in [4.78, 5) is 17.9. The summed E-state index contributed by atoms with van der Waals surface area (Å²) in [5.74, 6) is 0.564. The van der Waals surface area contributed by atoms with Gasteiger partial charge in [-0.25, -0.2) is 0 Å². The second kappa shape index (κ2) is 4.91. The van der Waals surface area contributed by atoms with Crippen molar-refractivity contribution in [3.63, 3.8) is 0 Å². The topological polar surface area (TPSA) is 90.6 Å². The Morgan fingerprint density at radius 2 is 2.17 bits per heavy atom. The fourth-order valence-corrected chi connectivity index (χ4v) is 3.18. The summed E-state index contributed by atoms with van der Waals surface area (Å²) in [5, 5.41) is 15.0. The Kier molecular flexibility index (Phi) is 2.97. The monoisotopic (exact) mass is 310 g/mol. The van der Waals surface area contributed by atoms with Crippen LogP contribution >= 0.6 is 0 Å². The number of carbonyl (C=O) groups excluding carboxylic acids is 1. The number of aromatic nitrogens is 5. The fourth-order valence-electron chi connectivity index (χ4n) is 3.18. The molecule has 3 aromatic rings. The number of nitrogens with one attached hydrogen (secondary N) is 2. The van der Waals surface area contributed by atoms with E-state index in [1.54, 1.807) is 0 Å². The highest BCUT2D eigenvalue weighted by Crippen LogP contribution is 2.37. The Hall–Kier alpha value is -2.70. The first-order chi connectivity index (χ1) is 11.1. The molecule has 2 N–H and O–H groups in total. The molecule has 1 aromatic carbocycles. The van der Waals surface area contributed by atoms with Gasteiger partial charge in [-0.1, -0.05) is 0 Å². The molecule has 2 heterocycles. The molecule has 4 rings (SSSR count). The van der Waals surface area contributed by atoms with Crippen LogP contribution in [0.25, 0.3) is 22.3 Å². The molecule has 7 nitrogen and oxygen atoms in total. The quantitative estimate of drug-likeness (QED) is 0.777. The Morgan fingerprint density at radius 1 is 1.35 bits per heavy atom. The Bertz CT molecular complexity index is 862. The summed E-state index contributed by atoms with van der Waals surface area (Å²) in [5.41, 5.74) is 2.44. The maximum absolute atomic E-state index is 12.8. The molecule has 0 aliphatic heterocycles. The first kappa shape index (κ1) is 13.9. The minimum absolute atomic E-state index is 0.0132. The van der Waals surface area contributed by atoms with Gasteiger partial charge in [-0.2, -0.15) is 5.21 Å². The largest absolute Gasteiger partial charge is 0.360 e. The summed E-state index contributed by atoms with van der Waals surface area (Å²) in [6.45, 7) is 2.15. The lowest BCUT2D eigenvalue weighted by Crippen LogP contribution is -2.51. The maximum Gasteiger partial charge on any atom is 0.254 e. The van der Waals surface area contributed by atoms with Crippen molar-refractivity contribution < 1.29 is 4.79 Å². The van der Waals surface area contributed by atoms with E-state index in [4.69, 9.17) is 0 Å². The van der Waals surface area contributed by atoms with Gasteiger partial charge >= 0.3 is 0 Å². The highest BCUT2D eigenvalue weighted by molar-refractivity contribution is 6.02. The molecule has 2 aromatic heterocycles. The van der Waals surface area contributed by atoms with Crippen molar-refractivity contribution in [1.82, 2.24) is 30.5 Å². The van der Waals surface area contributed by atoms with Crippen LogP contribution in [0.2, 0.25) is 0 Å². The molecule has 1 fully saturated rings. The Labute approximate surface area is 133 Å². The first-order valence-electron chi connectivity index (χ1n) is 7.72. The van der Waals surface area contributed by atoms with Crippen LogP contribution in [0.1, 0.15) is 36.5 Å². The molecule has 118 valence electrons. The van der Waals surface area contributed by atoms with Crippen LogP contribution in [0.15, 0.2) is 24.4 Å². The van der Waals surface area contributed by atoms with E-state index >= 15 is 0 Å². The number of rotatable bonds is 3. The standard InChI is InChI=1S/C16H18N6O/c1-16(6-3-7-16)22(2)15(23)10-4-5-13-11(8-10)12(9-17-13)14-18-20-21-19-14/h4-5,8-9,17H,3,6-7H2,1-2H3,(H,18,19,20,21). The van der Waals surface area contributed by atoms with Crippen molar-refractivity contribution in [2.75, 3.05) is 7.05 Å². The van der Waals surface area contributed by atoms with Crippen molar-refractivity contribution in [2.24, 2.45) is 0 Å². The molecule has 1 saturated carbocycles. The number of hydrogen-bond acceptors (Lipinski definition) is 4.